The number of tetrazole rings is 1. The standard InChI is InChI=1S/C22H26ClFN6/c1-22(2,3)30-21(25-26-27-30)20(16-8-4-5-9-17(16)23)29-14-12-28(13-15-29)19-11-7-6-10-18(19)24/h4-11,20H,12-15H2,1-3H3/t20-/m0/s1. The summed E-state index contributed by atoms with van der Waals surface area (Å²) >= 11 is 6.60. The van der Waals surface area contributed by atoms with Crippen LogP contribution in [0.25, 0.3) is 0 Å². The summed E-state index contributed by atoms with van der Waals surface area (Å²) in [5.41, 5.74) is 1.35. The summed E-state index contributed by atoms with van der Waals surface area (Å²) in [6.45, 7) is 9.12. The summed E-state index contributed by atoms with van der Waals surface area (Å²) in [6, 6.07) is 14.6. The van der Waals surface area contributed by atoms with Crippen molar-refractivity contribution in [2.45, 2.75) is 32.4 Å². The van der Waals surface area contributed by atoms with Gasteiger partial charge in [0, 0.05) is 31.2 Å². The lowest BCUT2D eigenvalue weighted by atomic mass is 10.0. The maximum absolute atomic E-state index is 14.3. The zero-order valence-corrected chi connectivity index (χ0v) is 18.2. The average molecular weight is 429 g/mol. The lowest BCUT2D eigenvalue weighted by Crippen LogP contribution is -2.49. The van der Waals surface area contributed by atoms with E-state index in [0.717, 1.165) is 24.5 Å². The van der Waals surface area contributed by atoms with Crippen molar-refractivity contribution in [2.75, 3.05) is 31.1 Å². The zero-order chi connectivity index (χ0) is 21.3. The van der Waals surface area contributed by atoms with Crippen LogP contribution in [0.15, 0.2) is 48.5 Å². The predicted molar refractivity (Wildman–Crippen MR) is 116 cm³/mol. The van der Waals surface area contributed by atoms with Gasteiger partial charge in [0.2, 0.25) is 0 Å². The van der Waals surface area contributed by atoms with Crippen molar-refractivity contribution < 1.29 is 4.39 Å². The summed E-state index contributed by atoms with van der Waals surface area (Å²) in [5.74, 6) is 0.570. The van der Waals surface area contributed by atoms with Gasteiger partial charge in [-0.15, -0.1) is 5.10 Å². The van der Waals surface area contributed by atoms with Gasteiger partial charge >= 0.3 is 0 Å². The Labute approximate surface area is 181 Å². The van der Waals surface area contributed by atoms with E-state index in [0.29, 0.717) is 23.8 Å². The van der Waals surface area contributed by atoms with Gasteiger partial charge in [0.05, 0.1) is 17.3 Å². The van der Waals surface area contributed by atoms with E-state index in [-0.39, 0.29) is 17.4 Å². The number of hydrogen-bond donors (Lipinski definition) is 0. The maximum atomic E-state index is 14.3. The fourth-order valence-corrected chi connectivity index (χ4v) is 4.21. The number of halogens is 2. The molecule has 0 N–H and O–H groups in total. The highest BCUT2D eigenvalue weighted by Gasteiger charge is 2.34. The Morgan fingerprint density at radius 2 is 1.63 bits per heavy atom. The SMILES string of the molecule is CC(C)(C)n1nnnc1[C@H](c1ccccc1Cl)N1CCN(c2ccccc2F)CC1. The molecular weight excluding hydrogens is 403 g/mol. The van der Waals surface area contributed by atoms with Crippen LogP contribution in [-0.2, 0) is 5.54 Å². The van der Waals surface area contributed by atoms with Gasteiger partial charge in [-0.3, -0.25) is 4.90 Å². The van der Waals surface area contributed by atoms with Crippen LogP contribution in [0.4, 0.5) is 10.1 Å². The molecule has 1 aliphatic heterocycles. The molecule has 2 heterocycles. The fraction of sp³-hybridized carbons (Fsp3) is 0.409. The molecule has 0 amide bonds. The highest BCUT2D eigenvalue weighted by atomic mass is 35.5. The minimum Gasteiger partial charge on any atom is -0.367 e. The molecule has 1 atom stereocenters. The fourth-order valence-electron chi connectivity index (χ4n) is 3.97. The van der Waals surface area contributed by atoms with E-state index in [1.807, 2.05) is 41.1 Å². The first-order chi connectivity index (χ1) is 14.4. The van der Waals surface area contributed by atoms with Crippen molar-refractivity contribution >= 4 is 17.3 Å². The number of para-hydroxylation sites is 1. The third-order valence-electron chi connectivity index (χ3n) is 5.45. The number of hydrogen-bond acceptors (Lipinski definition) is 5. The van der Waals surface area contributed by atoms with Crippen molar-refractivity contribution in [1.82, 2.24) is 25.1 Å². The zero-order valence-electron chi connectivity index (χ0n) is 17.5. The molecule has 4 rings (SSSR count). The molecule has 3 aromatic rings. The summed E-state index contributed by atoms with van der Waals surface area (Å²) in [6.07, 6.45) is 0. The van der Waals surface area contributed by atoms with Crippen LogP contribution in [0.1, 0.15) is 38.2 Å². The molecule has 0 spiro atoms. The summed E-state index contributed by atoms with van der Waals surface area (Å²) in [5, 5.41) is 13.3. The lowest BCUT2D eigenvalue weighted by Gasteiger charge is -2.40. The van der Waals surface area contributed by atoms with Gasteiger partial charge in [0.15, 0.2) is 5.82 Å². The average Bonchev–Trinajstić information content (AvgIpc) is 3.21. The van der Waals surface area contributed by atoms with Crippen LogP contribution in [0.2, 0.25) is 5.02 Å². The second-order valence-corrected chi connectivity index (χ2v) is 8.93. The van der Waals surface area contributed by atoms with Crippen LogP contribution < -0.4 is 4.90 Å². The molecule has 30 heavy (non-hydrogen) atoms. The molecule has 0 bridgehead atoms. The van der Waals surface area contributed by atoms with Gasteiger partial charge in [-0.1, -0.05) is 41.9 Å². The molecule has 2 aromatic carbocycles. The molecule has 1 aromatic heterocycles. The molecule has 0 aliphatic carbocycles. The van der Waals surface area contributed by atoms with Gasteiger partial charge in [0.1, 0.15) is 5.82 Å². The molecule has 0 saturated carbocycles. The second kappa shape index (κ2) is 8.32. The van der Waals surface area contributed by atoms with Crippen LogP contribution in [-0.4, -0.2) is 51.3 Å². The Hall–Kier alpha value is -2.51. The molecule has 6 nitrogen and oxygen atoms in total. The molecule has 1 aliphatic rings. The normalized spacial score (nSPS) is 16.6. The van der Waals surface area contributed by atoms with Gasteiger partial charge in [0.25, 0.3) is 0 Å². The highest BCUT2D eigenvalue weighted by molar-refractivity contribution is 6.31. The molecule has 8 heteroatoms. The minimum absolute atomic E-state index is 0.185. The number of aromatic nitrogens is 4. The third-order valence-corrected chi connectivity index (χ3v) is 5.79. The monoisotopic (exact) mass is 428 g/mol. The lowest BCUT2D eigenvalue weighted by molar-refractivity contribution is 0.191. The smallest absolute Gasteiger partial charge is 0.173 e. The van der Waals surface area contributed by atoms with Crippen LogP contribution >= 0.6 is 11.6 Å². The van der Waals surface area contributed by atoms with E-state index in [2.05, 4.69) is 46.1 Å². The first kappa shape index (κ1) is 20.8. The van der Waals surface area contributed by atoms with E-state index in [1.165, 1.54) is 6.07 Å². The Kier molecular flexibility index (Phi) is 5.75. The Morgan fingerprint density at radius 3 is 2.30 bits per heavy atom. The molecule has 1 fully saturated rings. The first-order valence-corrected chi connectivity index (χ1v) is 10.5. The molecule has 158 valence electrons. The first-order valence-electron chi connectivity index (χ1n) is 10.1. The summed E-state index contributed by atoms with van der Waals surface area (Å²) in [4.78, 5) is 4.41. The van der Waals surface area contributed by atoms with E-state index >= 15 is 0 Å². The van der Waals surface area contributed by atoms with Gasteiger partial charge in [-0.2, -0.15) is 0 Å². The third kappa shape index (κ3) is 4.04. The quantitative estimate of drug-likeness (QED) is 0.625. The molecular formula is C22H26ClFN6. The van der Waals surface area contributed by atoms with Crippen LogP contribution in [0.5, 0.6) is 0 Å². The van der Waals surface area contributed by atoms with Crippen molar-refractivity contribution in [1.29, 1.82) is 0 Å². The van der Waals surface area contributed by atoms with Crippen molar-refractivity contribution in [2.24, 2.45) is 0 Å². The largest absolute Gasteiger partial charge is 0.367 e. The number of anilines is 1. The van der Waals surface area contributed by atoms with E-state index in [9.17, 15) is 4.39 Å². The molecule has 0 radical (unpaired) electrons. The van der Waals surface area contributed by atoms with Gasteiger partial charge < -0.3 is 4.90 Å². The topological polar surface area (TPSA) is 50.1 Å². The van der Waals surface area contributed by atoms with Crippen molar-refractivity contribution in [3.63, 3.8) is 0 Å². The molecule has 0 unspecified atom stereocenters. The summed E-state index contributed by atoms with van der Waals surface area (Å²) in [7, 11) is 0. The maximum Gasteiger partial charge on any atom is 0.173 e. The van der Waals surface area contributed by atoms with Gasteiger partial charge in [-0.25, -0.2) is 9.07 Å². The minimum atomic E-state index is -0.271. The molecule has 1 saturated heterocycles. The second-order valence-electron chi connectivity index (χ2n) is 8.52. The van der Waals surface area contributed by atoms with E-state index in [1.54, 1.807) is 6.07 Å². The summed E-state index contributed by atoms with van der Waals surface area (Å²) < 4.78 is 16.1. The Bertz CT molecular complexity index is 1010. The number of nitrogens with zero attached hydrogens (tertiary/aromatic N) is 6. The van der Waals surface area contributed by atoms with E-state index in [4.69, 9.17) is 11.6 Å². The number of rotatable bonds is 4. The Balaban J connectivity index is 1.66. The van der Waals surface area contributed by atoms with Crippen molar-refractivity contribution in [3.8, 4) is 0 Å². The van der Waals surface area contributed by atoms with Crippen molar-refractivity contribution in [3.05, 3.63) is 70.8 Å². The number of piperazine rings is 1. The predicted octanol–water partition coefficient (Wildman–Crippen LogP) is 4.13. The number of benzene rings is 2. The highest BCUT2D eigenvalue weighted by Crippen LogP contribution is 2.34. The Morgan fingerprint density at radius 1 is 0.967 bits per heavy atom. The van der Waals surface area contributed by atoms with Crippen LogP contribution in [0, 0.1) is 5.82 Å². The van der Waals surface area contributed by atoms with Crippen LogP contribution in [0.3, 0.4) is 0 Å². The van der Waals surface area contributed by atoms with Gasteiger partial charge in [-0.05, 0) is 55.0 Å². The van der Waals surface area contributed by atoms with E-state index < -0.39 is 0 Å².